The summed E-state index contributed by atoms with van der Waals surface area (Å²) in [6, 6.07) is 6.59. The smallest absolute Gasteiger partial charge is 0.211 e. The van der Waals surface area contributed by atoms with Crippen LogP contribution in [0.5, 0.6) is 0 Å². The third-order valence-corrected chi connectivity index (χ3v) is 4.55. The van der Waals surface area contributed by atoms with Gasteiger partial charge in [0.25, 0.3) is 0 Å². The maximum Gasteiger partial charge on any atom is 0.211 e. The van der Waals surface area contributed by atoms with Gasteiger partial charge in [0.2, 0.25) is 5.69 Å². The molecule has 0 amide bonds. The summed E-state index contributed by atoms with van der Waals surface area (Å²) in [7, 11) is 0. The van der Waals surface area contributed by atoms with Crippen molar-refractivity contribution < 1.29 is 0 Å². The predicted molar refractivity (Wildman–Crippen MR) is 83.2 cm³/mol. The van der Waals surface area contributed by atoms with Crippen LogP contribution in [0.4, 0.5) is 5.69 Å². The van der Waals surface area contributed by atoms with Crippen LogP contribution in [-0.4, -0.2) is 18.1 Å². The van der Waals surface area contributed by atoms with Gasteiger partial charge < -0.3 is 10.3 Å². The summed E-state index contributed by atoms with van der Waals surface area (Å²) in [5.41, 5.74) is 3.21. The fourth-order valence-corrected chi connectivity index (χ4v) is 3.50. The Bertz CT molecular complexity index is 635. The number of fused-ring (bicyclic) bond motifs is 1. The quantitative estimate of drug-likeness (QED) is 0.799. The lowest BCUT2D eigenvalue weighted by Gasteiger charge is -2.20. The zero-order valence-electron chi connectivity index (χ0n) is 11.9. The van der Waals surface area contributed by atoms with E-state index in [-0.39, 0.29) is 0 Å². The largest absolute Gasteiger partial charge is 0.372 e. The Hall–Kier alpha value is -1.79. The van der Waals surface area contributed by atoms with Gasteiger partial charge in [-0.1, -0.05) is 25.5 Å². The van der Waals surface area contributed by atoms with E-state index in [1.165, 1.54) is 24.8 Å². The highest BCUT2D eigenvalue weighted by Gasteiger charge is 2.28. The lowest BCUT2D eigenvalue weighted by atomic mass is 9.88. The monoisotopic (exact) mass is 267 g/mol. The van der Waals surface area contributed by atoms with Crippen LogP contribution in [0.2, 0.25) is 0 Å². The predicted octanol–water partition coefficient (Wildman–Crippen LogP) is 4.21. The molecule has 2 N–H and O–H groups in total. The third-order valence-electron chi connectivity index (χ3n) is 4.55. The zero-order chi connectivity index (χ0) is 13.9. The lowest BCUT2D eigenvalue weighted by Crippen LogP contribution is -2.24. The van der Waals surface area contributed by atoms with Gasteiger partial charge in [0.1, 0.15) is 0 Å². The molecule has 2 aromatic rings. The van der Waals surface area contributed by atoms with Crippen molar-refractivity contribution in [1.82, 2.24) is 10.3 Å². The molecule has 1 fully saturated rings. The van der Waals surface area contributed by atoms with Gasteiger partial charge in [0.15, 0.2) is 0 Å². The topological polar surface area (TPSA) is 32.2 Å². The first-order valence-electron chi connectivity index (χ1n) is 7.52. The van der Waals surface area contributed by atoms with E-state index in [0.717, 1.165) is 35.6 Å². The molecule has 1 aromatic carbocycles. The first-order chi connectivity index (χ1) is 9.83. The van der Waals surface area contributed by atoms with Crippen LogP contribution < -0.4 is 5.32 Å². The number of aromatic nitrogens is 1. The van der Waals surface area contributed by atoms with Crippen molar-refractivity contribution >= 4 is 16.6 Å². The van der Waals surface area contributed by atoms with Crippen molar-refractivity contribution in [3.8, 4) is 0 Å². The number of rotatable bonds is 4. The second kappa shape index (κ2) is 5.68. The molecular weight excluding hydrogens is 246 g/mol. The van der Waals surface area contributed by atoms with Gasteiger partial charge in [-0.3, -0.25) is 0 Å². The summed E-state index contributed by atoms with van der Waals surface area (Å²) in [5, 5.41) is 4.57. The molecule has 0 saturated heterocycles. The molecule has 20 heavy (non-hydrogen) atoms. The first-order valence-corrected chi connectivity index (χ1v) is 7.52. The van der Waals surface area contributed by atoms with Crippen molar-refractivity contribution in [2.75, 3.05) is 13.1 Å². The fourth-order valence-electron chi connectivity index (χ4n) is 3.50. The van der Waals surface area contributed by atoms with Crippen molar-refractivity contribution in [2.45, 2.75) is 32.1 Å². The molecule has 0 unspecified atom stereocenters. The van der Waals surface area contributed by atoms with Gasteiger partial charge in [-0.05, 0) is 49.4 Å². The van der Waals surface area contributed by atoms with Gasteiger partial charge in [-0.15, -0.1) is 0 Å². The van der Waals surface area contributed by atoms with Gasteiger partial charge in [-0.25, -0.2) is 4.85 Å². The molecule has 0 radical (unpaired) electrons. The van der Waals surface area contributed by atoms with E-state index < -0.39 is 0 Å². The summed E-state index contributed by atoms with van der Waals surface area (Å²) < 4.78 is 0. The Balaban J connectivity index is 1.91. The Morgan fingerprint density at radius 2 is 2.30 bits per heavy atom. The molecule has 3 heteroatoms. The van der Waals surface area contributed by atoms with E-state index >= 15 is 0 Å². The number of hydrogen-bond donors (Lipinski definition) is 2. The molecule has 0 aliphatic heterocycles. The second-order valence-corrected chi connectivity index (χ2v) is 5.70. The SMILES string of the molecule is [C-]#[N+]c1c[nH]c2ccc([C@H]3CCC[C@@H]3CNCC)cc12. The number of benzene rings is 1. The van der Waals surface area contributed by atoms with E-state index in [9.17, 15) is 0 Å². The molecule has 2 atom stereocenters. The molecule has 1 aliphatic rings. The molecule has 1 saturated carbocycles. The summed E-state index contributed by atoms with van der Waals surface area (Å²) in [5.74, 6) is 1.38. The van der Waals surface area contributed by atoms with Crippen molar-refractivity contribution in [3.05, 3.63) is 41.4 Å². The number of aromatic amines is 1. The maximum absolute atomic E-state index is 7.25. The number of H-pyrrole nitrogens is 1. The highest BCUT2D eigenvalue weighted by molar-refractivity contribution is 5.93. The van der Waals surface area contributed by atoms with Gasteiger partial charge >= 0.3 is 0 Å². The molecule has 1 aliphatic carbocycles. The van der Waals surface area contributed by atoms with Crippen LogP contribution in [0.15, 0.2) is 24.4 Å². The van der Waals surface area contributed by atoms with E-state index in [0.29, 0.717) is 5.92 Å². The highest BCUT2D eigenvalue weighted by Crippen LogP contribution is 2.41. The van der Waals surface area contributed by atoms with Gasteiger partial charge in [0.05, 0.1) is 6.57 Å². The Kier molecular flexibility index (Phi) is 3.75. The third kappa shape index (κ3) is 2.32. The molecule has 0 bridgehead atoms. The number of nitrogens with one attached hydrogen (secondary N) is 2. The number of hydrogen-bond acceptors (Lipinski definition) is 1. The fraction of sp³-hybridized carbons (Fsp3) is 0.471. The van der Waals surface area contributed by atoms with E-state index in [2.05, 4.69) is 40.3 Å². The molecule has 0 spiro atoms. The van der Waals surface area contributed by atoms with Crippen molar-refractivity contribution in [3.63, 3.8) is 0 Å². The molecule has 104 valence electrons. The minimum atomic E-state index is 0.645. The van der Waals surface area contributed by atoms with E-state index in [1.54, 1.807) is 0 Å². The average Bonchev–Trinajstić information content (AvgIpc) is 3.10. The van der Waals surface area contributed by atoms with Crippen LogP contribution in [0.1, 0.15) is 37.7 Å². The highest BCUT2D eigenvalue weighted by atomic mass is 14.8. The van der Waals surface area contributed by atoms with Gasteiger partial charge in [0, 0.05) is 17.1 Å². The normalized spacial score (nSPS) is 22.2. The molecule has 3 rings (SSSR count). The van der Waals surface area contributed by atoms with Crippen molar-refractivity contribution in [1.29, 1.82) is 0 Å². The van der Waals surface area contributed by atoms with E-state index in [1.807, 2.05) is 6.20 Å². The summed E-state index contributed by atoms with van der Waals surface area (Å²) >= 11 is 0. The second-order valence-electron chi connectivity index (χ2n) is 5.70. The Morgan fingerprint density at radius 1 is 1.40 bits per heavy atom. The van der Waals surface area contributed by atoms with Crippen molar-refractivity contribution in [2.24, 2.45) is 5.92 Å². The Labute approximate surface area is 120 Å². The minimum Gasteiger partial charge on any atom is -0.372 e. The molecular formula is C17H21N3. The lowest BCUT2D eigenvalue weighted by molar-refractivity contribution is 0.450. The summed E-state index contributed by atoms with van der Waals surface area (Å²) in [6.07, 6.45) is 5.73. The molecule has 3 nitrogen and oxygen atoms in total. The summed E-state index contributed by atoms with van der Waals surface area (Å²) in [4.78, 5) is 6.78. The van der Waals surface area contributed by atoms with E-state index in [4.69, 9.17) is 6.57 Å². The average molecular weight is 267 g/mol. The molecule has 1 heterocycles. The summed E-state index contributed by atoms with van der Waals surface area (Å²) in [6.45, 7) is 11.6. The van der Waals surface area contributed by atoms with Crippen LogP contribution in [0, 0.1) is 12.5 Å². The van der Waals surface area contributed by atoms with Crippen LogP contribution >= 0.6 is 0 Å². The molecule has 1 aromatic heterocycles. The number of nitrogens with zero attached hydrogens (tertiary/aromatic N) is 1. The minimum absolute atomic E-state index is 0.645. The van der Waals surface area contributed by atoms with Crippen LogP contribution in [0.3, 0.4) is 0 Å². The Morgan fingerprint density at radius 3 is 3.10 bits per heavy atom. The van der Waals surface area contributed by atoms with Crippen LogP contribution in [0.25, 0.3) is 15.7 Å². The first kappa shape index (κ1) is 13.2. The van der Waals surface area contributed by atoms with Crippen LogP contribution in [-0.2, 0) is 0 Å². The zero-order valence-corrected chi connectivity index (χ0v) is 11.9. The standard InChI is InChI=1S/C17H21N3/c1-3-19-10-13-5-4-6-14(13)12-7-8-16-15(9-12)17(18-2)11-20-16/h7-9,11,13-14,19-20H,3-6,10H2,1H3/t13-,14-/m1/s1. The maximum atomic E-state index is 7.25. The van der Waals surface area contributed by atoms with Gasteiger partial charge in [-0.2, -0.15) is 0 Å².